The molecular formula is C13H14ClNO4. The zero-order valence-corrected chi connectivity index (χ0v) is 11.0. The lowest BCUT2D eigenvalue weighted by Gasteiger charge is -2.18. The number of carboxylic acids is 1. The van der Waals surface area contributed by atoms with Gasteiger partial charge in [-0.25, -0.2) is 0 Å². The second-order valence-electron chi connectivity index (χ2n) is 3.70. The van der Waals surface area contributed by atoms with Crippen molar-refractivity contribution in [2.24, 2.45) is 0 Å². The topological polar surface area (TPSA) is 66.8 Å². The van der Waals surface area contributed by atoms with Crippen molar-refractivity contribution in [2.45, 2.75) is 0 Å². The van der Waals surface area contributed by atoms with E-state index in [0.29, 0.717) is 10.8 Å². The number of halogens is 1. The van der Waals surface area contributed by atoms with E-state index in [1.807, 2.05) is 0 Å². The molecule has 1 aromatic carbocycles. The zero-order valence-electron chi connectivity index (χ0n) is 10.2. The van der Waals surface area contributed by atoms with Gasteiger partial charge in [0.15, 0.2) is 6.61 Å². The first-order valence-electron chi connectivity index (χ1n) is 5.51. The minimum Gasteiger partial charge on any atom is -0.484 e. The molecule has 102 valence electrons. The Morgan fingerprint density at radius 2 is 2.00 bits per heavy atom. The maximum Gasteiger partial charge on any atom is 0.323 e. The number of carbonyl (C=O) groups is 2. The third kappa shape index (κ3) is 5.44. The molecule has 0 aliphatic rings. The summed E-state index contributed by atoms with van der Waals surface area (Å²) in [4.78, 5) is 23.5. The van der Waals surface area contributed by atoms with Crippen LogP contribution in [0.3, 0.4) is 0 Å². The molecule has 0 heterocycles. The quantitative estimate of drug-likeness (QED) is 0.775. The number of hydrogen-bond acceptors (Lipinski definition) is 3. The third-order valence-corrected chi connectivity index (χ3v) is 2.46. The van der Waals surface area contributed by atoms with Gasteiger partial charge in [-0.1, -0.05) is 17.7 Å². The molecule has 6 heteroatoms. The van der Waals surface area contributed by atoms with Crippen molar-refractivity contribution < 1.29 is 19.4 Å². The van der Waals surface area contributed by atoms with E-state index in [4.69, 9.17) is 21.4 Å². The number of nitrogens with zero attached hydrogens (tertiary/aromatic N) is 1. The number of ether oxygens (including phenoxy) is 1. The van der Waals surface area contributed by atoms with Crippen LogP contribution in [0.4, 0.5) is 0 Å². The average molecular weight is 284 g/mol. The Kier molecular flexibility index (Phi) is 5.89. The van der Waals surface area contributed by atoms with Crippen LogP contribution in [-0.2, 0) is 9.59 Å². The van der Waals surface area contributed by atoms with Crippen LogP contribution in [0.15, 0.2) is 36.9 Å². The fourth-order valence-corrected chi connectivity index (χ4v) is 1.47. The number of amides is 1. The Morgan fingerprint density at radius 3 is 2.53 bits per heavy atom. The van der Waals surface area contributed by atoms with Crippen molar-refractivity contribution in [3.05, 3.63) is 41.9 Å². The van der Waals surface area contributed by atoms with Crippen LogP contribution in [0.25, 0.3) is 0 Å². The molecule has 0 bridgehead atoms. The Balaban J connectivity index is 2.54. The van der Waals surface area contributed by atoms with E-state index in [-0.39, 0.29) is 19.7 Å². The van der Waals surface area contributed by atoms with Gasteiger partial charge in [0.1, 0.15) is 12.3 Å². The van der Waals surface area contributed by atoms with Crippen molar-refractivity contribution >= 4 is 23.5 Å². The smallest absolute Gasteiger partial charge is 0.323 e. The molecule has 0 atom stereocenters. The SMILES string of the molecule is C=CCN(CC(=O)O)C(=O)COc1ccc(Cl)cc1. The summed E-state index contributed by atoms with van der Waals surface area (Å²) in [5.74, 6) is -1.01. The van der Waals surface area contributed by atoms with Crippen molar-refractivity contribution in [1.29, 1.82) is 0 Å². The van der Waals surface area contributed by atoms with Crippen LogP contribution in [0.1, 0.15) is 0 Å². The van der Waals surface area contributed by atoms with E-state index >= 15 is 0 Å². The first-order chi connectivity index (χ1) is 9.02. The molecule has 1 rings (SSSR count). The van der Waals surface area contributed by atoms with Crippen LogP contribution in [-0.4, -0.2) is 41.6 Å². The normalized spacial score (nSPS) is 9.74. The molecule has 0 radical (unpaired) electrons. The summed E-state index contributed by atoms with van der Waals surface area (Å²) in [6.45, 7) is 3.02. The molecule has 1 amide bonds. The van der Waals surface area contributed by atoms with Crippen LogP contribution in [0, 0.1) is 0 Å². The van der Waals surface area contributed by atoms with Gasteiger partial charge in [0, 0.05) is 11.6 Å². The Labute approximate surface area is 116 Å². The molecule has 0 aromatic heterocycles. The zero-order chi connectivity index (χ0) is 14.3. The van der Waals surface area contributed by atoms with Gasteiger partial charge in [-0.2, -0.15) is 0 Å². The lowest BCUT2D eigenvalue weighted by atomic mass is 10.3. The van der Waals surface area contributed by atoms with Gasteiger partial charge in [-0.15, -0.1) is 6.58 Å². The average Bonchev–Trinajstić information content (AvgIpc) is 2.37. The largest absolute Gasteiger partial charge is 0.484 e. The van der Waals surface area contributed by atoms with E-state index in [0.717, 1.165) is 4.90 Å². The van der Waals surface area contributed by atoms with Gasteiger partial charge in [-0.3, -0.25) is 9.59 Å². The molecule has 0 unspecified atom stereocenters. The molecule has 19 heavy (non-hydrogen) atoms. The highest BCUT2D eigenvalue weighted by molar-refractivity contribution is 6.30. The van der Waals surface area contributed by atoms with Crippen LogP contribution < -0.4 is 4.74 Å². The highest BCUT2D eigenvalue weighted by Gasteiger charge is 2.15. The lowest BCUT2D eigenvalue weighted by molar-refractivity contribution is -0.144. The summed E-state index contributed by atoms with van der Waals surface area (Å²) in [5, 5.41) is 9.26. The summed E-state index contributed by atoms with van der Waals surface area (Å²) in [5.41, 5.74) is 0. The number of rotatable bonds is 7. The highest BCUT2D eigenvalue weighted by atomic mass is 35.5. The van der Waals surface area contributed by atoms with E-state index < -0.39 is 11.9 Å². The van der Waals surface area contributed by atoms with E-state index in [2.05, 4.69) is 6.58 Å². The summed E-state index contributed by atoms with van der Waals surface area (Å²) >= 11 is 5.72. The van der Waals surface area contributed by atoms with E-state index in [1.54, 1.807) is 24.3 Å². The van der Waals surface area contributed by atoms with Crippen molar-refractivity contribution in [1.82, 2.24) is 4.90 Å². The molecule has 1 aromatic rings. The Morgan fingerprint density at radius 1 is 1.37 bits per heavy atom. The van der Waals surface area contributed by atoms with Crippen LogP contribution >= 0.6 is 11.6 Å². The fraction of sp³-hybridized carbons (Fsp3) is 0.231. The van der Waals surface area contributed by atoms with Gasteiger partial charge in [-0.05, 0) is 24.3 Å². The fourth-order valence-electron chi connectivity index (χ4n) is 1.34. The molecule has 5 nitrogen and oxygen atoms in total. The third-order valence-electron chi connectivity index (χ3n) is 2.20. The number of carboxylic acid groups (broad SMARTS) is 1. The summed E-state index contributed by atoms with van der Waals surface area (Å²) in [7, 11) is 0. The maximum absolute atomic E-state index is 11.8. The van der Waals surface area contributed by atoms with E-state index in [9.17, 15) is 9.59 Å². The van der Waals surface area contributed by atoms with Crippen molar-refractivity contribution in [3.8, 4) is 5.75 Å². The first kappa shape index (κ1) is 15.0. The molecule has 0 saturated heterocycles. The number of aliphatic carboxylic acids is 1. The molecule has 0 fully saturated rings. The molecule has 1 N–H and O–H groups in total. The first-order valence-corrected chi connectivity index (χ1v) is 5.89. The van der Waals surface area contributed by atoms with Gasteiger partial charge in [0.25, 0.3) is 5.91 Å². The summed E-state index contributed by atoms with van der Waals surface area (Å²) in [6.07, 6.45) is 1.46. The van der Waals surface area contributed by atoms with Crippen LogP contribution in [0.2, 0.25) is 5.02 Å². The van der Waals surface area contributed by atoms with Gasteiger partial charge < -0.3 is 14.7 Å². The highest BCUT2D eigenvalue weighted by Crippen LogP contribution is 2.15. The minimum absolute atomic E-state index is 0.162. The second kappa shape index (κ2) is 7.43. The predicted octanol–water partition coefficient (Wildman–Crippen LogP) is 1.82. The second-order valence-corrected chi connectivity index (χ2v) is 4.14. The minimum atomic E-state index is -1.08. The summed E-state index contributed by atoms with van der Waals surface area (Å²) < 4.78 is 5.25. The predicted molar refractivity (Wildman–Crippen MR) is 71.4 cm³/mol. The Bertz CT molecular complexity index is 458. The molecule has 0 spiro atoms. The summed E-state index contributed by atoms with van der Waals surface area (Å²) in [6, 6.07) is 6.54. The molecular weight excluding hydrogens is 270 g/mol. The van der Waals surface area contributed by atoms with Gasteiger partial charge in [0.05, 0.1) is 0 Å². The van der Waals surface area contributed by atoms with Crippen molar-refractivity contribution in [3.63, 3.8) is 0 Å². The lowest BCUT2D eigenvalue weighted by Crippen LogP contribution is -2.38. The number of hydrogen-bond donors (Lipinski definition) is 1. The monoisotopic (exact) mass is 283 g/mol. The maximum atomic E-state index is 11.8. The molecule has 0 aliphatic carbocycles. The van der Waals surface area contributed by atoms with Crippen molar-refractivity contribution in [2.75, 3.05) is 19.7 Å². The Hall–Kier alpha value is -2.01. The molecule has 0 aliphatic heterocycles. The van der Waals surface area contributed by atoms with Gasteiger partial charge in [0.2, 0.25) is 0 Å². The standard InChI is InChI=1S/C13H14ClNO4/c1-2-7-15(8-13(17)18)12(16)9-19-11-5-3-10(14)4-6-11/h2-6H,1,7-9H2,(H,17,18). The van der Waals surface area contributed by atoms with E-state index in [1.165, 1.54) is 6.08 Å². The number of carbonyl (C=O) groups excluding carboxylic acids is 1. The van der Waals surface area contributed by atoms with Gasteiger partial charge >= 0.3 is 5.97 Å². The molecule has 0 saturated carbocycles. The number of benzene rings is 1. The van der Waals surface area contributed by atoms with Crippen LogP contribution in [0.5, 0.6) is 5.75 Å².